The summed E-state index contributed by atoms with van der Waals surface area (Å²) in [5.74, 6) is -0.0324. The summed E-state index contributed by atoms with van der Waals surface area (Å²) in [6.45, 7) is 3.95. The van der Waals surface area contributed by atoms with E-state index in [0.717, 1.165) is 4.88 Å². The van der Waals surface area contributed by atoms with Crippen molar-refractivity contribution in [1.82, 2.24) is 5.32 Å². The van der Waals surface area contributed by atoms with Gasteiger partial charge in [-0.1, -0.05) is 19.9 Å². The van der Waals surface area contributed by atoms with Gasteiger partial charge in [0.25, 0.3) is 5.91 Å². The van der Waals surface area contributed by atoms with E-state index in [-0.39, 0.29) is 23.5 Å². The summed E-state index contributed by atoms with van der Waals surface area (Å²) >= 11 is 1.43. The van der Waals surface area contributed by atoms with Crippen LogP contribution in [-0.2, 0) is 0 Å². The van der Waals surface area contributed by atoms with Gasteiger partial charge in [-0.2, -0.15) is 0 Å². The van der Waals surface area contributed by atoms with Gasteiger partial charge in [0.05, 0.1) is 11.0 Å². The highest BCUT2D eigenvalue weighted by Crippen LogP contribution is 2.40. The summed E-state index contributed by atoms with van der Waals surface area (Å²) < 4.78 is 0. The Morgan fingerprint density at radius 3 is 2.87 bits per heavy atom. The van der Waals surface area contributed by atoms with E-state index in [1.807, 2.05) is 31.4 Å². The fourth-order valence-corrected chi connectivity index (χ4v) is 2.41. The van der Waals surface area contributed by atoms with Gasteiger partial charge < -0.3 is 10.4 Å². The van der Waals surface area contributed by atoms with Crippen molar-refractivity contribution < 1.29 is 9.90 Å². The molecule has 3 nitrogen and oxygen atoms in total. The topological polar surface area (TPSA) is 49.3 Å². The van der Waals surface area contributed by atoms with Gasteiger partial charge in [-0.05, 0) is 17.9 Å². The first-order valence-electron chi connectivity index (χ1n) is 5.04. The highest BCUT2D eigenvalue weighted by molar-refractivity contribution is 7.12. The molecule has 4 heteroatoms. The molecular formula is C11H15NO2S. The van der Waals surface area contributed by atoms with Crippen molar-refractivity contribution >= 4 is 17.2 Å². The number of thiophene rings is 1. The van der Waals surface area contributed by atoms with Crippen LogP contribution in [0.5, 0.6) is 0 Å². The van der Waals surface area contributed by atoms with Crippen molar-refractivity contribution in [2.75, 3.05) is 0 Å². The second kappa shape index (κ2) is 3.61. The number of aliphatic hydroxyl groups is 1. The second-order valence-corrected chi connectivity index (χ2v) is 5.52. The van der Waals surface area contributed by atoms with E-state index in [1.165, 1.54) is 11.3 Å². The molecule has 1 amide bonds. The smallest absolute Gasteiger partial charge is 0.261 e. The number of amides is 1. The molecule has 2 unspecified atom stereocenters. The SMILES string of the molecule is CC1(C)C(O)CC1NC(=O)c1cccs1. The van der Waals surface area contributed by atoms with Crippen LogP contribution >= 0.6 is 11.3 Å². The Hall–Kier alpha value is -0.870. The molecule has 1 aliphatic rings. The number of hydrogen-bond acceptors (Lipinski definition) is 3. The van der Waals surface area contributed by atoms with Gasteiger partial charge in [-0.3, -0.25) is 4.79 Å². The molecule has 2 rings (SSSR count). The lowest BCUT2D eigenvalue weighted by Crippen LogP contribution is -2.61. The molecule has 1 saturated carbocycles. The molecule has 0 radical (unpaired) electrons. The van der Waals surface area contributed by atoms with E-state index < -0.39 is 0 Å². The van der Waals surface area contributed by atoms with Crippen molar-refractivity contribution in [3.63, 3.8) is 0 Å². The second-order valence-electron chi connectivity index (χ2n) is 4.58. The third kappa shape index (κ3) is 1.79. The Balaban J connectivity index is 1.97. The molecule has 2 N–H and O–H groups in total. The first-order chi connectivity index (χ1) is 7.01. The monoisotopic (exact) mass is 225 g/mol. The number of carbonyl (C=O) groups excluding carboxylic acids is 1. The van der Waals surface area contributed by atoms with Gasteiger partial charge in [0.2, 0.25) is 0 Å². The quantitative estimate of drug-likeness (QED) is 0.804. The molecule has 1 aromatic heterocycles. The molecule has 0 spiro atoms. The third-order valence-electron chi connectivity index (χ3n) is 3.27. The van der Waals surface area contributed by atoms with Crippen molar-refractivity contribution in [1.29, 1.82) is 0 Å². The van der Waals surface area contributed by atoms with E-state index in [2.05, 4.69) is 5.32 Å². The summed E-state index contributed by atoms with van der Waals surface area (Å²) in [5, 5.41) is 14.4. The van der Waals surface area contributed by atoms with Crippen LogP contribution in [0, 0.1) is 5.41 Å². The zero-order valence-corrected chi connectivity index (χ0v) is 9.67. The zero-order chi connectivity index (χ0) is 11.1. The average Bonchev–Trinajstić information content (AvgIpc) is 2.70. The predicted octanol–water partition coefficient (Wildman–Crippen LogP) is 1.64. The normalized spacial score (nSPS) is 28.2. The molecule has 0 bridgehead atoms. The van der Waals surface area contributed by atoms with Crippen molar-refractivity contribution in [2.45, 2.75) is 32.4 Å². The number of aliphatic hydroxyl groups excluding tert-OH is 1. The lowest BCUT2D eigenvalue weighted by atomic mass is 9.64. The molecule has 1 fully saturated rings. The van der Waals surface area contributed by atoms with E-state index in [9.17, 15) is 9.90 Å². The molecule has 15 heavy (non-hydrogen) atoms. The van der Waals surface area contributed by atoms with Crippen molar-refractivity contribution in [2.24, 2.45) is 5.41 Å². The van der Waals surface area contributed by atoms with Gasteiger partial charge in [0, 0.05) is 11.5 Å². The van der Waals surface area contributed by atoms with Crippen LogP contribution in [0.3, 0.4) is 0 Å². The van der Waals surface area contributed by atoms with Gasteiger partial charge in [0.1, 0.15) is 0 Å². The molecule has 0 aromatic carbocycles. The summed E-state index contributed by atoms with van der Waals surface area (Å²) in [4.78, 5) is 12.4. The van der Waals surface area contributed by atoms with Crippen LogP contribution in [-0.4, -0.2) is 23.2 Å². The molecule has 1 aliphatic carbocycles. The standard InChI is InChI=1S/C11H15NO2S/c1-11(2)8(6-9(11)13)12-10(14)7-4-3-5-15-7/h3-5,8-9,13H,6H2,1-2H3,(H,12,14). The lowest BCUT2D eigenvalue weighted by Gasteiger charge is -2.49. The number of rotatable bonds is 2. The van der Waals surface area contributed by atoms with Gasteiger partial charge in [0.15, 0.2) is 0 Å². The van der Waals surface area contributed by atoms with E-state index in [4.69, 9.17) is 0 Å². The summed E-state index contributed by atoms with van der Waals surface area (Å²) in [6, 6.07) is 3.75. The first-order valence-corrected chi connectivity index (χ1v) is 5.92. The molecule has 0 aliphatic heterocycles. The lowest BCUT2D eigenvalue weighted by molar-refractivity contribution is -0.0689. The maximum atomic E-state index is 11.7. The van der Waals surface area contributed by atoms with Crippen LogP contribution < -0.4 is 5.32 Å². The predicted molar refractivity (Wildman–Crippen MR) is 60.0 cm³/mol. The van der Waals surface area contributed by atoms with Crippen LogP contribution in [0.2, 0.25) is 0 Å². The maximum Gasteiger partial charge on any atom is 0.261 e. The molecule has 2 atom stereocenters. The minimum absolute atomic E-state index is 0.0324. The molecular weight excluding hydrogens is 210 g/mol. The summed E-state index contributed by atoms with van der Waals surface area (Å²) in [5.41, 5.74) is -0.201. The Morgan fingerprint density at radius 1 is 1.67 bits per heavy atom. The first kappa shape index (κ1) is 10.6. The molecule has 82 valence electrons. The van der Waals surface area contributed by atoms with E-state index in [1.54, 1.807) is 0 Å². The minimum atomic E-state index is -0.300. The van der Waals surface area contributed by atoms with Gasteiger partial charge in [-0.25, -0.2) is 0 Å². The highest BCUT2D eigenvalue weighted by Gasteiger charge is 2.47. The van der Waals surface area contributed by atoms with Gasteiger partial charge in [-0.15, -0.1) is 11.3 Å². The highest BCUT2D eigenvalue weighted by atomic mass is 32.1. The Kier molecular flexibility index (Phi) is 2.56. The number of carbonyl (C=O) groups is 1. The molecule has 1 aromatic rings. The molecule has 0 saturated heterocycles. The number of nitrogens with one attached hydrogen (secondary N) is 1. The van der Waals surface area contributed by atoms with Crippen LogP contribution in [0.15, 0.2) is 17.5 Å². The third-order valence-corrected chi connectivity index (χ3v) is 4.13. The van der Waals surface area contributed by atoms with E-state index >= 15 is 0 Å². The van der Waals surface area contributed by atoms with Crippen molar-refractivity contribution in [3.8, 4) is 0 Å². The molecule has 1 heterocycles. The van der Waals surface area contributed by atoms with E-state index in [0.29, 0.717) is 6.42 Å². The van der Waals surface area contributed by atoms with Crippen LogP contribution in [0.25, 0.3) is 0 Å². The Bertz CT molecular complexity index is 359. The Morgan fingerprint density at radius 2 is 2.40 bits per heavy atom. The van der Waals surface area contributed by atoms with Crippen molar-refractivity contribution in [3.05, 3.63) is 22.4 Å². The Labute approximate surface area is 93.1 Å². The number of hydrogen-bond donors (Lipinski definition) is 2. The summed E-state index contributed by atoms with van der Waals surface area (Å²) in [7, 11) is 0. The van der Waals surface area contributed by atoms with Crippen LogP contribution in [0.4, 0.5) is 0 Å². The fourth-order valence-electron chi connectivity index (χ4n) is 1.78. The zero-order valence-electron chi connectivity index (χ0n) is 8.86. The van der Waals surface area contributed by atoms with Gasteiger partial charge >= 0.3 is 0 Å². The fraction of sp³-hybridized carbons (Fsp3) is 0.545. The average molecular weight is 225 g/mol. The maximum absolute atomic E-state index is 11.7. The minimum Gasteiger partial charge on any atom is -0.392 e. The largest absolute Gasteiger partial charge is 0.392 e. The summed E-state index contributed by atoms with van der Waals surface area (Å²) in [6.07, 6.45) is 0.357. The van der Waals surface area contributed by atoms with Crippen LogP contribution in [0.1, 0.15) is 29.9 Å².